The van der Waals surface area contributed by atoms with Crippen molar-refractivity contribution in [2.45, 2.75) is 39.2 Å². The Morgan fingerprint density at radius 2 is 1.94 bits per heavy atom. The number of benzene rings is 1. The van der Waals surface area contributed by atoms with E-state index in [0.29, 0.717) is 6.04 Å². The minimum atomic E-state index is 0.395. The average Bonchev–Trinajstić information content (AvgIpc) is 2.32. The number of nitrogens with one attached hydrogen (secondary N) is 1. The topological polar surface area (TPSA) is 12.0 Å². The first-order valence-corrected chi connectivity index (χ1v) is 7.41. The van der Waals surface area contributed by atoms with E-state index in [1.165, 1.54) is 24.8 Å². The van der Waals surface area contributed by atoms with Crippen LogP contribution < -0.4 is 5.32 Å². The largest absolute Gasteiger partial charge is 0.313 e. The highest BCUT2D eigenvalue weighted by atomic mass is 79.9. The van der Waals surface area contributed by atoms with Crippen molar-refractivity contribution in [3.63, 3.8) is 0 Å². The van der Waals surface area contributed by atoms with Crippen molar-refractivity contribution in [1.82, 2.24) is 5.32 Å². The van der Waals surface area contributed by atoms with Gasteiger partial charge in [-0.15, -0.1) is 0 Å². The second-order valence-corrected chi connectivity index (χ2v) is 5.72. The van der Waals surface area contributed by atoms with Gasteiger partial charge in [0.1, 0.15) is 0 Å². The molecule has 17 heavy (non-hydrogen) atoms. The third kappa shape index (κ3) is 4.27. The molecule has 1 nitrogen and oxygen atoms in total. The molecule has 1 N–H and O–H groups in total. The van der Waals surface area contributed by atoms with Crippen LogP contribution >= 0.6 is 27.5 Å². The van der Waals surface area contributed by atoms with Crippen LogP contribution in [0.2, 0.25) is 5.02 Å². The van der Waals surface area contributed by atoms with E-state index < -0.39 is 0 Å². The molecule has 0 amide bonds. The zero-order valence-corrected chi connectivity index (χ0v) is 13.1. The van der Waals surface area contributed by atoms with E-state index >= 15 is 0 Å². The van der Waals surface area contributed by atoms with Crippen LogP contribution in [-0.4, -0.2) is 7.05 Å². The quantitative estimate of drug-likeness (QED) is 0.761. The van der Waals surface area contributed by atoms with Crippen molar-refractivity contribution in [2.24, 2.45) is 5.92 Å². The Balaban J connectivity index is 2.85. The molecule has 0 saturated carbocycles. The van der Waals surface area contributed by atoms with Crippen LogP contribution in [0.4, 0.5) is 0 Å². The first kappa shape index (κ1) is 15.0. The molecule has 3 heteroatoms. The molecule has 0 spiro atoms. The van der Waals surface area contributed by atoms with Gasteiger partial charge < -0.3 is 5.32 Å². The van der Waals surface area contributed by atoms with Crippen LogP contribution in [0.25, 0.3) is 0 Å². The summed E-state index contributed by atoms with van der Waals surface area (Å²) in [5, 5.41) is 4.18. The first-order valence-electron chi connectivity index (χ1n) is 6.24. The molecule has 1 rings (SSSR count). The van der Waals surface area contributed by atoms with Crippen LogP contribution in [0.1, 0.15) is 44.7 Å². The molecule has 0 fully saturated rings. The predicted octanol–water partition coefficient (Wildman–Crippen LogP) is 5.19. The van der Waals surface area contributed by atoms with Gasteiger partial charge in [0.15, 0.2) is 0 Å². The summed E-state index contributed by atoms with van der Waals surface area (Å²) in [6.07, 6.45) is 3.64. The van der Waals surface area contributed by atoms with Crippen LogP contribution in [0.5, 0.6) is 0 Å². The maximum Gasteiger partial charge on any atom is 0.0417 e. The molecule has 0 aromatic heterocycles. The van der Waals surface area contributed by atoms with Gasteiger partial charge >= 0.3 is 0 Å². The minimum Gasteiger partial charge on any atom is -0.313 e. The van der Waals surface area contributed by atoms with Gasteiger partial charge in [0.2, 0.25) is 0 Å². The summed E-state index contributed by atoms with van der Waals surface area (Å²) in [6, 6.07) is 6.43. The molecule has 1 unspecified atom stereocenters. The molecule has 1 aromatic rings. The van der Waals surface area contributed by atoms with Gasteiger partial charge in [-0.3, -0.25) is 0 Å². The first-order chi connectivity index (χ1) is 8.12. The Labute approximate surface area is 118 Å². The maximum atomic E-state index is 5.97. The van der Waals surface area contributed by atoms with Crippen molar-refractivity contribution >= 4 is 27.5 Å². The van der Waals surface area contributed by atoms with E-state index in [4.69, 9.17) is 11.6 Å². The minimum absolute atomic E-state index is 0.395. The van der Waals surface area contributed by atoms with E-state index in [0.717, 1.165) is 15.4 Å². The zero-order valence-electron chi connectivity index (χ0n) is 10.8. The van der Waals surface area contributed by atoms with Gasteiger partial charge in [0.05, 0.1) is 0 Å². The van der Waals surface area contributed by atoms with Gasteiger partial charge in [-0.1, -0.05) is 60.3 Å². The lowest BCUT2D eigenvalue weighted by atomic mass is 9.91. The van der Waals surface area contributed by atoms with Gasteiger partial charge in [0, 0.05) is 15.5 Å². The van der Waals surface area contributed by atoms with Crippen molar-refractivity contribution in [3.05, 3.63) is 33.3 Å². The Hall–Kier alpha value is -0.0500. The molecule has 96 valence electrons. The lowest BCUT2D eigenvalue weighted by molar-refractivity contribution is 0.385. The Bertz CT molecular complexity index is 350. The lowest BCUT2D eigenvalue weighted by Crippen LogP contribution is -2.20. The summed E-state index contributed by atoms with van der Waals surface area (Å²) >= 11 is 9.57. The summed E-state index contributed by atoms with van der Waals surface area (Å²) in [4.78, 5) is 0. The molecular weight excluding hydrogens is 298 g/mol. The number of rotatable bonds is 6. The van der Waals surface area contributed by atoms with Gasteiger partial charge in [-0.25, -0.2) is 0 Å². The average molecular weight is 319 g/mol. The summed E-state index contributed by atoms with van der Waals surface area (Å²) in [7, 11) is 2.02. The summed E-state index contributed by atoms with van der Waals surface area (Å²) < 4.78 is 1.09. The second kappa shape index (κ2) is 7.40. The van der Waals surface area contributed by atoms with E-state index in [2.05, 4.69) is 41.2 Å². The fourth-order valence-corrected chi connectivity index (χ4v) is 3.10. The van der Waals surface area contributed by atoms with Crippen molar-refractivity contribution in [3.8, 4) is 0 Å². The lowest BCUT2D eigenvalue weighted by Gasteiger charge is -2.23. The number of hydrogen-bond donors (Lipinski definition) is 1. The fraction of sp³-hybridized carbons (Fsp3) is 0.571. The molecule has 1 aromatic carbocycles. The Morgan fingerprint density at radius 3 is 2.41 bits per heavy atom. The second-order valence-electron chi connectivity index (χ2n) is 4.43. The van der Waals surface area contributed by atoms with Crippen LogP contribution in [0, 0.1) is 5.92 Å². The monoisotopic (exact) mass is 317 g/mol. The Morgan fingerprint density at radius 1 is 1.29 bits per heavy atom. The van der Waals surface area contributed by atoms with E-state index in [1.54, 1.807) is 0 Å². The van der Waals surface area contributed by atoms with Gasteiger partial charge in [-0.2, -0.15) is 0 Å². The molecular formula is C14H21BrClN. The standard InChI is InChI=1S/C14H21BrClN/c1-4-10(5-2)8-14(17-3)12-7-6-11(16)9-13(12)15/h6-7,9-10,14,17H,4-5,8H2,1-3H3. The highest BCUT2D eigenvalue weighted by molar-refractivity contribution is 9.10. The van der Waals surface area contributed by atoms with Crippen molar-refractivity contribution in [2.75, 3.05) is 7.05 Å². The summed E-state index contributed by atoms with van der Waals surface area (Å²) in [5.41, 5.74) is 1.30. The van der Waals surface area contributed by atoms with E-state index in [9.17, 15) is 0 Å². The molecule has 0 aliphatic carbocycles. The SMILES string of the molecule is CCC(CC)CC(NC)c1ccc(Cl)cc1Br. The van der Waals surface area contributed by atoms with Gasteiger partial charge in [-0.05, 0) is 37.1 Å². The molecule has 0 radical (unpaired) electrons. The third-order valence-corrected chi connectivity index (χ3v) is 4.33. The number of hydrogen-bond acceptors (Lipinski definition) is 1. The Kier molecular flexibility index (Phi) is 6.53. The van der Waals surface area contributed by atoms with E-state index in [1.807, 2.05) is 19.2 Å². The molecule has 0 saturated heterocycles. The number of halogens is 2. The highest BCUT2D eigenvalue weighted by Gasteiger charge is 2.16. The summed E-state index contributed by atoms with van der Waals surface area (Å²) in [6.45, 7) is 4.52. The van der Waals surface area contributed by atoms with E-state index in [-0.39, 0.29) is 0 Å². The molecule has 0 bridgehead atoms. The summed E-state index contributed by atoms with van der Waals surface area (Å²) in [5.74, 6) is 0.773. The molecule has 0 aliphatic rings. The highest BCUT2D eigenvalue weighted by Crippen LogP contribution is 2.31. The molecule has 1 atom stereocenters. The normalized spacial score (nSPS) is 13.1. The van der Waals surface area contributed by atoms with Crippen LogP contribution in [-0.2, 0) is 0 Å². The van der Waals surface area contributed by atoms with Gasteiger partial charge in [0.25, 0.3) is 0 Å². The zero-order chi connectivity index (χ0) is 12.8. The van der Waals surface area contributed by atoms with Crippen molar-refractivity contribution < 1.29 is 0 Å². The molecule has 0 aliphatic heterocycles. The fourth-order valence-electron chi connectivity index (χ4n) is 2.14. The predicted molar refractivity (Wildman–Crippen MR) is 79.6 cm³/mol. The third-order valence-electron chi connectivity index (χ3n) is 3.41. The van der Waals surface area contributed by atoms with Crippen LogP contribution in [0.15, 0.2) is 22.7 Å². The van der Waals surface area contributed by atoms with Crippen LogP contribution in [0.3, 0.4) is 0 Å². The van der Waals surface area contributed by atoms with Crippen molar-refractivity contribution in [1.29, 1.82) is 0 Å². The molecule has 0 heterocycles. The maximum absolute atomic E-state index is 5.97. The smallest absolute Gasteiger partial charge is 0.0417 e.